The number of rotatable bonds is 1. The summed E-state index contributed by atoms with van der Waals surface area (Å²) >= 11 is 0. The molecule has 4 aliphatic rings. The van der Waals surface area contributed by atoms with Crippen LogP contribution in [-0.2, 0) is 19.7 Å². The van der Waals surface area contributed by atoms with Gasteiger partial charge in [-0.1, -0.05) is 55.0 Å². The van der Waals surface area contributed by atoms with Crippen LogP contribution in [0.4, 0.5) is 0 Å². The van der Waals surface area contributed by atoms with E-state index in [4.69, 9.17) is 4.74 Å². The molecule has 2 bridgehead atoms. The van der Waals surface area contributed by atoms with Crippen molar-refractivity contribution in [3.8, 4) is 0 Å². The van der Waals surface area contributed by atoms with E-state index in [-0.39, 0.29) is 34.6 Å². The van der Waals surface area contributed by atoms with Crippen molar-refractivity contribution >= 4 is 11.9 Å². The molecule has 1 aromatic carbocycles. The molecule has 2 fully saturated rings. The van der Waals surface area contributed by atoms with Gasteiger partial charge in [0.1, 0.15) is 0 Å². The van der Waals surface area contributed by atoms with E-state index in [1.807, 2.05) is 18.2 Å². The zero-order valence-electron chi connectivity index (χ0n) is 12.3. The SMILES string of the molecule is C[C@]12C[C@](c3ccccc3)(C3=C1CC=C3)[C@@H]1C(=O)OC(=O)[C@@H]12. The molecule has 22 heavy (non-hydrogen) atoms. The summed E-state index contributed by atoms with van der Waals surface area (Å²) in [6, 6.07) is 10.2. The average molecular weight is 292 g/mol. The van der Waals surface area contributed by atoms with Gasteiger partial charge in [0.05, 0.1) is 11.8 Å². The van der Waals surface area contributed by atoms with E-state index in [1.54, 1.807) is 0 Å². The minimum absolute atomic E-state index is 0.247. The Morgan fingerprint density at radius 3 is 2.59 bits per heavy atom. The van der Waals surface area contributed by atoms with E-state index < -0.39 is 0 Å². The molecule has 0 aromatic heterocycles. The van der Waals surface area contributed by atoms with Crippen LogP contribution in [0.15, 0.2) is 53.6 Å². The third kappa shape index (κ3) is 1.10. The van der Waals surface area contributed by atoms with Crippen LogP contribution in [-0.4, -0.2) is 11.9 Å². The molecular formula is C19H16O3. The molecule has 1 aromatic rings. The molecule has 3 aliphatic carbocycles. The highest BCUT2D eigenvalue weighted by molar-refractivity contribution is 6.01. The summed E-state index contributed by atoms with van der Waals surface area (Å²) in [4.78, 5) is 24.8. The smallest absolute Gasteiger partial charge is 0.318 e. The molecule has 3 nitrogen and oxygen atoms in total. The average Bonchev–Trinajstić information content (AvgIpc) is 3.20. The number of ether oxygens (including phenoxy) is 1. The molecule has 110 valence electrons. The maximum absolute atomic E-state index is 12.5. The number of carbonyl (C=O) groups is 2. The lowest BCUT2D eigenvalue weighted by Gasteiger charge is -2.35. The van der Waals surface area contributed by atoms with Crippen LogP contribution in [0.5, 0.6) is 0 Å². The Bertz CT molecular complexity index is 788. The van der Waals surface area contributed by atoms with E-state index >= 15 is 0 Å². The predicted octanol–water partition coefficient (Wildman–Crippen LogP) is 2.92. The number of cyclic esters (lactones) is 2. The fraction of sp³-hybridized carbons (Fsp3) is 0.368. The third-order valence-corrected chi connectivity index (χ3v) is 6.30. The van der Waals surface area contributed by atoms with Crippen molar-refractivity contribution in [3.05, 3.63) is 59.2 Å². The van der Waals surface area contributed by atoms with Crippen molar-refractivity contribution in [3.63, 3.8) is 0 Å². The Hall–Kier alpha value is -2.16. The lowest BCUT2D eigenvalue weighted by atomic mass is 9.63. The van der Waals surface area contributed by atoms with Crippen LogP contribution < -0.4 is 0 Å². The van der Waals surface area contributed by atoms with Crippen LogP contribution in [0.1, 0.15) is 25.3 Å². The molecule has 1 saturated heterocycles. The van der Waals surface area contributed by atoms with E-state index in [0.717, 1.165) is 18.4 Å². The maximum Gasteiger partial charge on any atom is 0.318 e. The second kappa shape index (κ2) is 3.60. The molecule has 3 heteroatoms. The van der Waals surface area contributed by atoms with E-state index in [2.05, 4.69) is 31.2 Å². The van der Waals surface area contributed by atoms with Crippen molar-refractivity contribution in [2.45, 2.75) is 25.2 Å². The van der Waals surface area contributed by atoms with E-state index in [0.29, 0.717) is 0 Å². The van der Waals surface area contributed by atoms with E-state index in [1.165, 1.54) is 11.1 Å². The Balaban J connectivity index is 1.84. The summed E-state index contributed by atoms with van der Waals surface area (Å²) < 4.78 is 5.06. The number of allylic oxidation sites excluding steroid dienone is 4. The molecule has 0 amide bonds. The highest BCUT2D eigenvalue weighted by Crippen LogP contribution is 2.73. The first-order valence-electron chi connectivity index (χ1n) is 7.81. The topological polar surface area (TPSA) is 43.4 Å². The summed E-state index contributed by atoms with van der Waals surface area (Å²) in [6.07, 6.45) is 6.07. The number of carbonyl (C=O) groups excluding carboxylic acids is 2. The molecule has 4 atom stereocenters. The molecule has 1 saturated carbocycles. The Kier molecular flexibility index (Phi) is 2.02. The molecule has 0 N–H and O–H groups in total. The van der Waals surface area contributed by atoms with Gasteiger partial charge in [0.15, 0.2) is 0 Å². The quantitative estimate of drug-likeness (QED) is 0.590. The number of hydrogen-bond donors (Lipinski definition) is 0. The summed E-state index contributed by atoms with van der Waals surface area (Å²) in [5.74, 6) is -1.35. The fourth-order valence-corrected chi connectivity index (χ4v) is 5.60. The standard InChI is InChI=1S/C19H16O3/c1-18-10-19(11-6-3-2-4-7-11,13-9-5-8-12(13)18)15-14(18)16(20)22-17(15)21/h2-7,9,14-15H,8,10H2,1H3/t14-,15+,18+,19+/m1/s1. The summed E-state index contributed by atoms with van der Waals surface area (Å²) in [6.45, 7) is 2.14. The number of fused-ring (bicyclic) bond motifs is 7. The van der Waals surface area contributed by atoms with Gasteiger partial charge in [-0.25, -0.2) is 0 Å². The number of esters is 2. The van der Waals surface area contributed by atoms with E-state index in [9.17, 15) is 9.59 Å². The van der Waals surface area contributed by atoms with Crippen LogP contribution in [0, 0.1) is 17.3 Å². The highest BCUT2D eigenvalue weighted by Gasteiger charge is 2.74. The molecular weight excluding hydrogens is 276 g/mol. The molecule has 0 unspecified atom stereocenters. The van der Waals surface area contributed by atoms with Gasteiger partial charge in [0.2, 0.25) is 0 Å². The fourth-order valence-electron chi connectivity index (χ4n) is 5.60. The second-order valence-corrected chi connectivity index (χ2v) is 7.13. The second-order valence-electron chi connectivity index (χ2n) is 7.13. The first kappa shape index (κ1) is 12.4. The van der Waals surface area contributed by atoms with Crippen LogP contribution in [0.25, 0.3) is 0 Å². The Morgan fingerprint density at radius 1 is 1.09 bits per heavy atom. The molecule has 5 rings (SSSR count). The van der Waals surface area contributed by atoms with Gasteiger partial charge < -0.3 is 4.74 Å². The van der Waals surface area contributed by atoms with Gasteiger partial charge in [0, 0.05) is 10.8 Å². The summed E-state index contributed by atoms with van der Waals surface area (Å²) in [5.41, 5.74) is 3.10. The summed E-state index contributed by atoms with van der Waals surface area (Å²) in [5, 5.41) is 0. The zero-order valence-corrected chi connectivity index (χ0v) is 12.3. The minimum atomic E-state index is -0.383. The van der Waals surface area contributed by atoms with Gasteiger partial charge in [-0.05, 0) is 24.0 Å². The van der Waals surface area contributed by atoms with Crippen LogP contribution >= 0.6 is 0 Å². The van der Waals surface area contributed by atoms with Crippen molar-refractivity contribution in [2.24, 2.45) is 17.3 Å². The molecule has 0 radical (unpaired) electrons. The lowest BCUT2D eigenvalue weighted by Crippen LogP contribution is -2.39. The number of benzene rings is 1. The van der Waals surface area contributed by atoms with Crippen LogP contribution in [0.3, 0.4) is 0 Å². The molecule has 1 aliphatic heterocycles. The van der Waals surface area contributed by atoms with Crippen molar-refractivity contribution in [1.82, 2.24) is 0 Å². The normalized spacial score (nSPS) is 41.1. The Morgan fingerprint density at radius 2 is 1.82 bits per heavy atom. The van der Waals surface area contributed by atoms with Crippen LogP contribution in [0.2, 0.25) is 0 Å². The highest BCUT2D eigenvalue weighted by atomic mass is 16.6. The summed E-state index contributed by atoms with van der Waals surface area (Å²) in [7, 11) is 0. The Labute approximate surface area is 128 Å². The van der Waals surface area contributed by atoms with Crippen molar-refractivity contribution in [2.75, 3.05) is 0 Å². The molecule has 0 spiro atoms. The van der Waals surface area contributed by atoms with Gasteiger partial charge in [0.25, 0.3) is 0 Å². The third-order valence-electron chi connectivity index (χ3n) is 6.30. The van der Waals surface area contributed by atoms with Crippen molar-refractivity contribution in [1.29, 1.82) is 0 Å². The predicted molar refractivity (Wildman–Crippen MR) is 79.7 cm³/mol. The maximum atomic E-state index is 12.5. The minimum Gasteiger partial charge on any atom is -0.393 e. The number of hydrogen-bond acceptors (Lipinski definition) is 3. The zero-order chi connectivity index (χ0) is 15.1. The monoisotopic (exact) mass is 292 g/mol. The van der Waals surface area contributed by atoms with Gasteiger partial charge >= 0.3 is 11.9 Å². The van der Waals surface area contributed by atoms with Gasteiger partial charge in [-0.2, -0.15) is 0 Å². The van der Waals surface area contributed by atoms with Gasteiger partial charge in [-0.15, -0.1) is 0 Å². The first-order chi connectivity index (χ1) is 10.6. The molecule has 1 heterocycles. The lowest BCUT2D eigenvalue weighted by molar-refractivity contribution is -0.155. The first-order valence-corrected chi connectivity index (χ1v) is 7.81. The van der Waals surface area contributed by atoms with Gasteiger partial charge in [-0.3, -0.25) is 9.59 Å². The largest absolute Gasteiger partial charge is 0.393 e. The van der Waals surface area contributed by atoms with Crippen molar-refractivity contribution < 1.29 is 14.3 Å².